The van der Waals surface area contributed by atoms with Gasteiger partial charge in [-0.05, 0) is 66.9 Å². The normalized spacial score (nSPS) is 15.1. The lowest BCUT2D eigenvalue weighted by molar-refractivity contribution is -0.122. The molecule has 1 heterocycles. The highest BCUT2D eigenvalue weighted by molar-refractivity contribution is 6.07. The molecule has 1 saturated heterocycles. The predicted molar refractivity (Wildman–Crippen MR) is 136 cm³/mol. The zero-order valence-corrected chi connectivity index (χ0v) is 20.1. The van der Waals surface area contributed by atoms with Gasteiger partial charge in [-0.15, -0.1) is 0 Å². The topological polar surface area (TPSA) is 87.7 Å². The zero-order chi connectivity index (χ0) is 24.9. The second-order valence-electron chi connectivity index (χ2n) is 8.74. The first-order valence-electron chi connectivity index (χ1n) is 11.5. The van der Waals surface area contributed by atoms with Crippen molar-refractivity contribution in [2.75, 3.05) is 23.9 Å². The fourth-order valence-electron chi connectivity index (χ4n) is 4.11. The lowest BCUT2D eigenvalue weighted by Gasteiger charge is -2.18. The van der Waals surface area contributed by atoms with Gasteiger partial charge in [-0.25, -0.2) is 0 Å². The Labute approximate surface area is 205 Å². The minimum absolute atomic E-state index is 0.0854. The Bertz CT molecular complexity index is 1270. The monoisotopic (exact) mass is 471 g/mol. The van der Waals surface area contributed by atoms with Gasteiger partial charge < -0.3 is 20.3 Å². The molecule has 0 aromatic heterocycles. The Morgan fingerprint density at radius 3 is 2.57 bits per heavy atom. The fraction of sp³-hybridized carbons (Fsp3) is 0.250. The van der Waals surface area contributed by atoms with E-state index in [1.807, 2.05) is 56.3 Å². The van der Waals surface area contributed by atoms with Crippen LogP contribution < -0.4 is 20.3 Å². The van der Waals surface area contributed by atoms with E-state index in [1.54, 1.807) is 36.3 Å². The lowest BCUT2D eigenvalue weighted by Crippen LogP contribution is -2.29. The van der Waals surface area contributed by atoms with E-state index in [1.165, 1.54) is 0 Å². The first kappa shape index (κ1) is 24.0. The zero-order valence-electron chi connectivity index (χ0n) is 20.1. The van der Waals surface area contributed by atoms with Crippen molar-refractivity contribution in [1.82, 2.24) is 5.32 Å². The van der Waals surface area contributed by atoms with Crippen molar-refractivity contribution in [3.05, 3.63) is 89.0 Å². The van der Waals surface area contributed by atoms with E-state index in [9.17, 15) is 14.4 Å². The van der Waals surface area contributed by atoms with E-state index < -0.39 is 5.92 Å². The van der Waals surface area contributed by atoms with Crippen molar-refractivity contribution in [1.29, 1.82) is 0 Å². The number of ether oxygens (including phenoxy) is 1. The molecule has 0 unspecified atom stereocenters. The standard InChI is InChI=1S/C28H29N3O4/c1-18-11-12-22(13-19(18)2)31-17-21(15-26(31)32)27(33)30-25-10-5-4-9-24(25)28(34)29-16-20-7-6-8-23(14-20)35-3/h4-14,21H,15-17H2,1-3H3,(H,29,34)(H,30,33)/t21-/m0/s1. The second kappa shape index (κ2) is 10.4. The summed E-state index contributed by atoms with van der Waals surface area (Å²) >= 11 is 0. The van der Waals surface area contributed by atoms with Gasteiger partial charge in [-0.2, -0.15) is 0 Å². The molecule has 1 atom stereocenters. The number of anilines is 2. The highest BCUT2D eigenvalue weighted by Crippen LogP contribution is 2.28. The van der Waals surface area contributed by atoms with Gasteiger partial charge in [0.15, 0.2) is 0 Å². The molecule has 0 spiro atoms. The Morgan fingerprint density at radius 2 is 1.80 bits per heavy atom. The average molecular weight is 472 g/mol. The average Bonchev–Trinajstić information content (AvgIpc) is 3.26. The number of carbonyl (C=O) groups is 3. The summed E-state index contributed by atoms with van der Waals surface area (Å²) in [5.74, 6) is -0.458. The molecule has 1 aliphatic heterocycles. The van der Waals surface area contributed by atoms with E-state index in [4.69, 9.17) is 4.74 Å². The number of nitrogens with one attached hydrogen (secondary N) is 2. The third-order valence-electron chi connectivity index (χ3n) is 6.31. The van der Waals surface area contributed by atoms with Crippen LogP contribution in [0.2, 0.25) is 0 Å². The fourth-order valence-corrected chi connectivity index (χ4v) is 4.11. The Balaban J connectivity index is 1.42. The van der Waals surface area contributed by atoms with Crippen LogP contribution in [-0.4, -0.2) is 31.4 Å². The van der Waals surface area contributed by atoms with Crippen molar-refractivity contribution in [3.8, 4) is 5.75 Å². The molecule has 7 heteroatoms. The lowest BCUT2D eigenvalue weighted by atomic mass is 10.1. The van der Waals surface area contributed by atoms with E-state index in [0.29, 0.717) is 30.1 Å². The van der Waals surface area contributed by atoms with Crippen molar-refractivity contribution < 1.29 is 19.1 Å². The molecule has 0 bridgehead atoms. The summed E-state index contributed by atoms with van der Waals surface area (Å²) in [4.78, 5) is 40.2. The molecular formula is C28H29N3O4. The Kier molecular flexibility index (Phi) is 7.15. The molecule has 4 rings (SSSR count). The summed E-state index contributed by atoms with van der Waals surface area (Å²) in [5.41, 5.74) is 4.71. The third-order valence-corrected chi connectivity index (χ3v) is 6.31. The summed E-state index contributed by atoms with van der Waals surface area (Å²) in [6.45, 7) is 4.64. The maximum absolute atomic E-state index is 13.0. The summed E-state index contributed by atoms with van der Waals surface area (Å²) in [5, 5.41) is 5.75. The maximum atomic E-state index is 13.0. The van der Waals surface area contributed by atoms with Gasteiger partial charge in [0, 0.05) is 25.2 Å². The smallest absolute Gasteiger partial charge is 0.253 e. The van der Waals surface area contributed by atoms with Crippen LogP contribution in [0.3, 0.4) is 0 Å². The minimum Gasteiger partial charge on any atom is -0.497 e. The molecule has 3 aromatic carbocycles. The number of nitrogens with zero attached hydrogens (tertiary/aromatic N) is 1. The number of hydrogen-bond donors (Lipinski definition) is 2. The van der Waals surface area contributed by atoms with Crippen molar-refractivity contribution in [3.63, 3.8) is 0 Å². The third kappa shape index (κ3) is 5.51. The summed E-state index contributed by atoms with van der Waals surface area (Å²) in [6.07, 6.45) is 0.128. The molecule has 35 heavy (non-hydrogen) atoms. The SMILES string of the molecule is COc1cccc(CNC(=O)c2ccccc2NC(=O)[C@H]2CC(=O)N(c3ccc(C)c(C)c3)C2)c1. The van der Waals surface area contributed by atoms with Gasteiger partial charge in [-0.3, -0.25) is 14.4 Å². The number of hydrogen-bond acceptors (Lipinski definition) is 4. The van der Waals surface area contributed by atoms with Crippen LogP contribution >= 0.6 is 0 Å². The number of amides is 3. The van der Waals surface area contributed by atoms with E-state index in [-0.39, 0.29) is 24.1 Å². The Hall–Kier alpha value is -4.13. The summed E-state index contributed by atoms with van der Waals surface area (Å²) in [6, 6.07) is 20.2. The number of rotatable bonds is 7. The Morgan fingerprint density at radius 1 is 1.00 bits per heavy atom. The number of para-hydroxylation sites is 1. The van der Waals surface area contributed by atoms with Crippen molar-refractivity contribution in [2.24, 2.45) is 5.92 Å². The molecule has 2 N–H and O–H groups in total. The molecule has 3 amide bonds. The van der Waals surface area contributed by atoms with Crippen LogP contribution in [-0.2, 0) is 16.1 Å². The summed E-state index contributed by atoms with van der Waals surface area (Å²) < 4.78 is 5.22. The first-order chi connectivity index (χ1) is 16.9. The van der Waals surface area contributed by atoms with Gasteiger partial charge in [0.2, 0.25) is 11.8 Å². The molecular weight excluding hydrogens is 442 g/mol. The van der Waals surface area contributed by atoms with Gasteiger partial charge in [0.1, 0.15) is 5.75 Å². The molecule has 7 nitrogen and oxygen atoms in total. The quantitative estimate of drug-likeness (QED) is 0.540. The van der Waals surface area contributed by atoms with Crippen LogP contribution in [0.5, 0.6) is 5.75 Å². The van der Waals surface area contributed by atoms with Crippen LogP contribution in [0.4, 0.5) is 11.4 Å². The summed E-state index contributed by atoms with van der Waals surface area (Å²) in [7, 11) is 1.59. The van der Waals surface area contributed by atoms with E-state index in [0.717, 1.165) is 22.4 Å². The van der Waals surface area contributed by atoms with Crippen LogP contribution in [0, 0.1) is 19.8 Å². The number of methoxy groups -OCH3 is 1. The van der Waals surface area contributed by atoms with Crippen molar-refractivity contribution in [2.45, 2.75) is 26.8 Å². The van der Waals surface area contributed by atoms with Gasteiger partial charge in [-0.1, -0.05) is 30.3 Å². The first-order valence-corrected chi connectivity index (χ1v) is 11.5. The molecule has 1 aliphatic rings. The van der Waals surface area contributed by atoms with Crippen molar-refractivity contribution >= 4 is 29.1 Å². The maximum Gasteiger partial charge on any atom is 0.253 e. The van der Waals surface area contributed by atoms with E-state index >= 15 is 0 Å². The highest BCUT2D eigenvalue weighted by Gasteiger charge is 2.35. The van der Waals surface area contributed by atoms with Gasteiger partial charge >= 0.3 is 0 Å². The van der Waals surface area contributed by atoms with Gasteiger partial charge in [0.05, 0.1) is 24.3 Å². The minimum atomic E-state index is -0.503. The highest BCUT2D eigenvalue weighted by atomic mass is 16.5. The van der Waals surface area contributed by atoms with Crippen LogP contribution in [0.25, 0.3) is 0 Å². The second-order valence-corrected chi connectivity index (χ2v) is 8.74. The number of benzene rings is 3. The number of aryl methyl sites for hydroxylation is 2. The molecule has 1 fully saturated rings. The van der Waals surface area contributed by atoms with Crippen LogP contribution in [0.1, 0.15) is 33.5 Å². The van der Waals surface area contributed by atoms with Gasteiger partial charge in [0.25, 0.3) is 5.91 Å². The number of carbonyl (C=O) groups excluding carboxylic acids is 3. The molecule has 3 aromatic rings. The molecule has 0 saturated carbocycles. The van der Waals surface area contributed by atoms with Crippen LogP contribution in [0.15, 0.2) is 66.7 Å². The molecule has 0 radical (unpaired) electrons. The molecule has 0 aliphatic carbocycles. The predicted octanol–water partition coefficient (Wildman–Crippen LogP) is 4.23. The van der Waals surface area contributed by atoms with E-state index in [2.05, 4.69) is 10.6 Å². The largest absolute Gasteiger partial charge is 0.497 e. The molecule has 180 valence electrons.